The molecule has 1 rings (SSSR count). The quantitative estimate of drug-likeness (QED) is 0.426. The third-order valence-electron chi connectivity index (χ3n) is 2.32. The minimum absolute atomic E-state index is 0.136. The Kier molecular flexibility index (Phi) is 7.17. The van der Waals surface area contributed by atoms with Gasteiger partial charge in [-0.05, 0) is 34.7 Å². The van der Waals surface area contributed by atoms with Gasteiger partial charge in [-0.3, -0.25) is 4.79 Å². The van der Waals surface area contributed by atoms with Crippen LogP contribution in [-0.2, 0) is 4.74 Å². The van der Waals surface area contributed by atoms with Gasteiger partial charge in [-0.2, -0.15) is 0 Å². The molecule has 0 aromatic heterocycles. The molecule has 2 N–H and O–H groups in total. The van der Waals surface area contributed by atoms with Crippen LogP contribution in [0.1, 0.15) is 10.4 Å². The summed E-state index contributed by atoms with van der Waals surface area (Å²) in [6.07, 6.45) is 0. The van der Waals surface area contributed by atoms with Crippen molar-refractivity contribution >= 4 is 28.5 Å². The number of hydrogen-bond donors (Lipinski definition) is 2. The van der Waals surface area contributed by atoms with Gasteiger partial charge >= 0.3 is 0 Å². The van der Waals surface area contributed by atoms with Crippen LogP contribution in [0.5, 0.6) is 0 Å². The lowest BCUT2D eigenvalue weighted by atomic mass is 10.2. The summed E-state index contributed by atoms with van der Waals surface area (Å²) in [6, 6.07) is 1.91. The third-order valence-corrected chi connectivity index (χ3v) is 3.22. The standard InChI is InChI=1S/C12H15F2IN2O2/c1-19-5-4-16-2-3-17-12(18)8-6-9(13)10(14)7-11(8)15/h6-7,16H,2-5H2,1H3,(H,17,18). The van der Waals surface area contributed by atoms with Gasteiger partial charge < -0.3 is 15.4 Å². The molecule has 0 fully saturated rings. The van der Waals surface area contributed by atoms with Crippen LogP contribution in [0.3, 0.4) is 0 Å². The Morgan fingerprint density at radius 3 is 2.63 bits per heavy atom. The Morgan fingerprint density at radius 2 is 1.95 bits per heavy atom. The van der Waals surface area contributed by atoms with Crippen LogP contribution in [0, 0.1) is 15.2 Å². The summed E-state index contributed by atoms with van der Waals surface area (Å²) >= 11 is 1.80. The molecule has 7 heteroatoms. The first kappa shape index (κ1) is 16.3. The lowest BCUT2D eigenvalue weighted by Crippen LogP contribution is -2.33. The number of ether oxygens (including phenoxy) is 1. The van der Waals surface area contributed by atoms with E-state index in [1.807, 2.05) is 0 Å². The van der Waals surface area contributed by atoms with Gasteiger partial charge in [0.25, 0.3) is 5.91 Å². The van der Waals surface area contributed by atoms with E-state index in [1.54, 1.807) is 29.7 Å². The summed E-state index contributed by atoms with van der Waals surface area (Å²) < 4.78 is 31.2. The Labute approximate surface area is 124 Å². The third kappa shape index (κ3) is 5.37. The molecule has 0 saturated carbocycles. The number of nitrogens with one attached hydrogen (secondary N) is 2. The molecule has 4 nitrogen and oxygen atoms in total. The van der Waals surface area contributed by atoms with Crippen molar-refractivity contribution in [3.05, 3.63) is 32.9 Å². The highest BCUT2D eigenvalue weighted by atomic mass is 127. The van der Waals surface area contributed by atoms with Gasteiger partial charge in [-0.25, -0.2) is 8.78 Å². The second-order valence-electron chi connectivity index (χ2n) is 3.74. The summed E-state index contributed by atoms with van der Waals surface area (Å²) in [6.45, 7) is 2.26. The normalized spacial score (nSPS) is 10.5. The zero-order valence-electron chi connectivity index (χ0n) is 10.4. The van der Waals surface area contributed by atoms with E-state index >= 15 is 0 Å². The van der Waals surface area contributed by atoms with Crippen molar-refractivity contribution in [2.45, 2.75) is 0 Å². The molecule has 19 heavy (non-hydrogen) atoms. The van der Waals surface area contributed by atoms with Crippen molar-refractivity contribution in [2.24, 2.45) is 0 Å². The van der Waals surface area contributed by atoms with Crippen LogP contribution in [0.2, 0.25) is 0 Å². The van der Waals surface area contributed by atoms with E-state index in [4.69, 9.17) is 4.74 Å². The lowest BCUT2D eigenvalue weighted by molar-refractivity contribution is 0.0952. The number of benzene rings is 1. The van der Waals surface area contributed by atoms with Gasteiger partial charge in [0.2, 0.25) is 0 Å². The monoisotopic (exact) mass is 384 g/mol. The number of halogens is 3. The topological polar surface area (TPSA) is 50.4 Å². The molecule has 0 spiro atoms. The zero-order valence-corrected chi connectivity index (χ0v) is 12.6. The van der Waals surface area contributed by atoms with E-state index in [2.05, 4.69) is 10.6 Å². The molecule has 0 aliphatic rings. The minimum atomic E-state index is -1.02. The van der Waals surface area contributed by atoms with Gasteiger partial charge in [0.1, 0.15) is 0 Å². The molecule has 0 radical (unpaired) electrons. The first-order valence-corrected chi connectivity index (χ1v) is 6.76. The van der Waals surface area contributed by atoms with E-state index in [-0.39, 0.29) is 5.56 Å². The van der Waals surface area contributed by atoms with Crippen LogP contribution in [0.15, 0.2) is 12.1 Å². The number of hydrogen-bond acceptors (Lipinski definition) is 3. The zero-order chi connectivity index (χ0) is 14.3. The number of rotatable bonds is 7. The summed E-state index contributed by atoms with van der Waals surface area (Å²) in [7, 11) is 1.61. The van der Waals surface area contributed by atoms with E-state index < -0.39 is 17.5 Å². The highest BCUT2D eigenvalue weighted by Gasteiger charge is 2.13. The molecule has 0 unspecified atom stereocenters. The average Bonchev–Trinajstić information content (AvgIpc) is 2.37. The van der Waals surface area contributed by atoms with Crippen molar-refractivity contribution in [1.29, 1.82) is 0 Å². The lowest BCUT2D eigenvalue weighted by Gasteiger charge is -2.08. The molecular weight excluding hydrogens is 369 g/mol. The first-order chi connectivity index (χ1) is 9.06. The number of carbonyl (C=O) groups is 1. The SMILES string of the molecule is COCCNCCNC(=O)c1cc(F)c(F)cc1I. The number of amides is 1. The number of methoxy groups -OCH3 is 1. The molecule has 0 saturated heterocycles. The molecule has 1 aromatic rings. The second-order valence-corrected chi connectivity index (χ2v) is 4.91. The summed E-state index contributed by atoms with van der Waals surface area (Å²) in [5.41, 5.74) is 0.136. The Morgan fingerprint density at radius 1 is 1.26 bits per heavy atom. The fraction of sp³-hybridized carbons (Fsp3) is 0.417. The minimum Gasteiger partial charge on any atom is -0.383 e. The van der Waals surface area contributed by atoms with E-state index in [0.29, 0.717) is 29.8 Å². The molecule has 0 aliphatic carbocycles. The maximum atomic E-state index is 13.1. The molecule has 0 bridgehead atoms. The van der Waals surface area contributed by atoms with Crippen molar-refractivity contribution < 1.29 is 18.3 Å². The molecule has 106 valence electrons. The van der Waals surface area contributed by atoms with Gasteiger partial charge in [0.15, 0.2) is 11.6 Å². The van der Waals surface area contributed by atoms with Crippen LogP contribution < -0.4 is 10.6 Å². The van der Waals surface area contributed by atoms with Gasteiger partial charge in [0, 0.05) is 30.3 Å². The van der Waals surface area contributed by atoms with E-state index in [0.717, 1.165) is 12.1 Å². The molecule has 0 atom stereocenters. The van der Waals surface area contributed by atoms with Crippen LogP contribution >= 0.6 is 22.6 Å². The molecule has 0 heterocycles. The molecule has 1 amide bonds. The predicted molar refractivity (Wildman–Crippen MR) is 76.2 cm³/mol. The Balaban J connectivity index is 2.43. The first-order valence-electron chi connectivity index (χ1n) is 5.68. The van der Waals surface area contributed by atoms with Crippen LogP contribution in [-0.4, -0.2) is 39.3 Å². The van der Waals surface area contributed by atoms with E-state index in [9.17, 15) is 13.6 Å². The highest BCUT2D eigenvalue weighted by Crippen LogP contribution is 2.16. The maximum absolute atomic E-state index is 13.1. The maximum Gasteiger partial charge on any atom is 0.252 e. The molecule has 1 aromatic carbocycles. The highest BCUT2D eigenvalue weighted by molar-refractivity contribution is 14.1. The van der Waals surface area contributed by atoms with Crippen molar-refractivity contribution in [2.75, 3.05) is 33.4 Å². The second kappa shape index (κ2) is 8.39. The fourth-order valence-electron chi connectivity index (χ4n) is 1.36. The Bertz CT molecular complexity index is 444. The smallest absolute Gasteiger partial charge is 0.252 e. The fourth-order valence-corrected chi connectivity index (χ4v) is 2.03. The average molecular weight is 384 g/mol. The van der Waals surface area contributed by atoms with Crippen LogP contribution in [0.4, 0.5) is 8.78 Å². The van der Waals surface area contributed by atoms with Crippen LogP contribution in [0.25, 0.3) is 0 Å². The van der Waals surface area contributed by atoms with Crippen molar-refractivity contribution in [3.63, 3.8) is 0 Å². The number of carbonyl (C=O) groups excluding carboxylic acids is 1. The van der Waals surface area contributed by atoms with E-state index in [1.165, 1.54) is 0 Å². The summed E-state index contributed by atoms with van der Waals surface area (Å²) in [4.78, 5) is 11.8. The molecule has 0 aliphatic heterocycles. The van der Waals surface area contributed by atoms with Gasteiger partial charge in [0.05, 0.1) is 12.2 Å². The predicted octanol–water partition coefficient (Wildman–Crippen LogP) is 1.54. The van der Waals surface area contributed by atoms with Gasteiger partial charge in [-0.1, -0.05) is 0 Å². The summed E-state index contributed by atoms with van der Waals surface area (Å²) in [5, 5.41) is 5.68. The summed E-state index contributed by atoms with van der Waals surface area (Å²) in [5.74, 6) is -2.40. The molecular formula is C12H15F2IN2O2. The van der Waals surface area contributed by atoms with Gasteiger partial charge in [-0.15, -0.1) is 0 Å². The van der Waals surface area contributed by atoms with Crippen molar-refractivity contribution in [3.8, 4) is 0 Å². The Hall–Kier alpha value is -0.800. The largest absolute Gasteiger partial charge is 0.383 e. The van der Waals surface area contributed by atoms with Crippen molar-refractivity contribution in [1.82, 2.24) is 10.6 Å².